The highest BCUT2D eigenvalue weighted by Crippen LogP contribution is 2.40. The van der Waals surface area contributed by atoms with Gasteiger partial charge in [0.2, 0.25) is 0 Å². The topological polar surface area (TPSA) is 25.8 Å². The van der Waals surface area contributed by atoms with Gasteiger partial charge >= 0.3 is 0 Å². The summed E-state index contributed by atoms with van der Waals surface area (Å²) in [6.07, 6.45) is 11.0. The molecule has 2 nitrogen and oxygen atoms in total. The average Bonchev–Trinajstić information content (AvgIpc) is 2.93. The van der Waals surface area contributed by atoms with E-state index in [-0.39, 0.29) is 5.41 Å². The summed E-state index contributed by atoms with van der Waals surface area (Å²) in [5.74, 6) is 0. The third kappa shape index (κ3) is 2.57. The van der Waals surface area contributed by atoms with Crippen molar-refractivity contribution in [3.05, 3.63) is 46.7 Å². The second-order valence-electron chi connectivity index (χ2n) is 7.45. The van der Waals surface area contributed by atoms with Crippen LogP contribution in [0.1, 0.15) is 49.6 Å². The van der Waals surface area contributed by atoms with Crippen LogP contribution in [0.3, 0.4) is 0 Å². The standard InChI is InChI=1S/C20H22N2S/c1-20(2,3)13-8-9-22-17(10-13)16-12-21-11-15-14-6-4-5-7-18(14)23-19(15)16/h8-12H,4-7H2,1-3H3. The van der Waals surface area contributed by atoms with Gasteiger partial charge in [-0.3, -0.25) is 9.97 Å². The van der Waals surface area contributed by atoms with E-state index in [1.165, 1.54) is 52.5 Å². The van der Waals surface area contributed by atoms with E-state index < -0.39 is 0 Å². The summed E-state index contributed by atoms with van der Waals surface area (Å²) >= 11 is 1.95. The van der Waals surface area contributed by atoms with Crippen LogP contribution < -0.4 is 0 Å². The third-order valence-electron chi connectivity index (χ3n) is 4.77. The predicted molar refractivity (Wildman–Crippen MR) is 98.2 cm³/mol. The summed E-state index contributed by atoms with van der Waals surface area (Å²) in [5.41, 5.74) is 5.23. The van der Waals surface area contributed by atoms with Crippen LogP contribution in [-0.4, -0.2) is 9.97 Å². The molecule has 23 heavy (non-hydrogen) atoms. The van der Waals surface area contributed by atoms with Gasteiger partial charge in [-0.1, -0.05) is 20.8 Å². The van der Waals surface area contributed by atoms with Gasteiger partial charge in [-0.2, -0.15) is 0 Å². The Hall–Kier alpha value is -1.74. The Kier molecular flexibility index (Phi) is 3.49. The fraction of sp³-hybridized carbons (Fsp3) is 0.400. The molecule has 0 radical (unpaired) electrons. The Labute approximate surface area is 141 Å². The Morgan fingerprint density at radius 2 is 1.91 bits per heavy atom. The number of aromatic nitrogens is 2. The molecule has 3 heteroatoms. The zero-order valence-electron chi connectivity index (χ0n) is 14.0. The fourth-order valence-corrected chi connectivity index (χ4v) is 4.78. The van der Waals surface area contributed by atoms with Crippen molar-refractivity contribution in [3.8, 4) is 11.3 Å². The maximum absolute atomic E-state index is 4.65. The second kappa shape index (κ2) is 5.41. The molecule has 0 saturated heterocycles. The van der Waals surface area contributed by atoms with E-state index in [4.69, 9.17) is 0 Å². The predicted octanol–water partition coefficient (Wildman–Crippen LogP) is 5.53. The number of aryl methyl sites for hydroxylation is 2. The zero-order valence-corrected chi connectivity index (χ0v) is 14.8. The molecule has 0 aromatic carbocycles. The van der Waals surface area contributed by atoms with Crippen LogP contribution in [0.15, 0.2) is 30.7 Å². The van der Waals surface area contributed by atoms with Crippen molar-refractivity contribution in [2.45, 2.75) is 51.9 Å². The molecule has 0 amide bonds. The van der Waals surface area contributed by atoms with E-state index in [1.807, 2.05) is 29.9 Å². The molecular weight excluding hydrogens is 300 g/mol. The minimum absolute atomic E-state index is 0.133. The largest absolute Gasteiger partial charge is 0.263 e. The number of rotatable bonds is 1. The highest BCUT2D eigenvalue weighted by Gasteiger charge is 2.20. The van der Waals surface area contributed by atoms with Gasteiger partial charge in [-0.25, -0.2) is 0 Å². The number of nitrogens with zero attached hydrogens (tertiary/aromatic N) is 2. The van der Waals surface area contributed by atoms with Gasteiger partial charge in [0.25, 0.3) is 0 Å². The first-order valence-corrected chi connectivity index (χ1v) is 9.21. The first kappa shape index (κ1) is 14.8. The van der Waals surface area contributed by atoms with E-state index in [9.17, 15) is 0 Å². The fourth-order valence-electron chi connectivity index (χ4n) is 3.40. The minimum Gasteiger partial charge on any atom is -0.263 e. The summed E-state index contributed by atoms with van der Waals surface area (Å²) in [5, 5.41) is 1.35. The third-order valence-corrected chi connectivity index (χ3v) is 6.11. The Morgan fingerprint density at radius 3 is 2.74 bits per heavy atom. The summed E-state index contributed by atoms with van der Waals surface area (Å²) < 4.78 is 1.37. The molecule has 3 aromatic heterocycles. The van der Waals surface area contributed by atoms with Crippen LogP contribution >= 0.6 is 11.3 Å². The van der Waals surface area contributed by atoms with Crippen LogP contribution in [0.5, 0.6) is 0 Å². The van der Waals surface area contributed by atoms with Gasteiger partial charge in [0.15, 0.2) is 0 Å². The van der Waals surface area contributed by atoms with Crippen molar-refractivity contribution in [2.24, 2.45) is 0 Å². The highest BCUT2D eigenvalue weighted by molar-refractivity contribution is 7.19. The second-order valence-corrected chi connectivity index (χ2v) is 8.56. The number of thiophene rings is 1. The maximum atomic E-state index is 4.65. The van der Waals surface area contributed by atoms with E-state index >= 15 is 0 Å². The molecule has 0 unspecified atom stereocenters. The maximum Gasteiger partial charge on any atom is 0.0734 e. The first-order valence-electron chi connectivity index (χ1n) is 8.39. The lowest BCUT2D eigenvalue weighted by atomic mass is 9.87. The van der Waals surface area contributed by atoms with Crippen LogP contribution in [-0.2, 0) is 18.3 Å². The molecule has 1 aliphatic rings. The Bertz CT molecular complexity index is 871. The monoisotopic (exact) mass is 322 g/mol. The number of hydrogen-bond acceptors (Lipinski definition) is 3. The van der Waals surface area contributed by atoms with Gasteiger partial charge in [0.05, 0.1) is 5.69 Å². The summed E-state index contributed by atoms with van der Waals surface area (Å²) in [4.78, 5) is 10.7. The van der Waals surface area contributed by atoms with Crippen molar-refractivity contribution in [1.29, 1.82) is 0 Å². The van der Waals surface area contributed by atoms with Gasteiger partial charge in [-0.15, -0.1) is 11.3 Å². The molecule has 1 aliphatic carbocycles. The minimum atomic E-state index is 0.133. The summed E-state index contributed by atoms with van der Waals surface area (Å²) in [6.45, 7) is 6.73. The lowest BCUT2D eigenvalue weighted by Gasteiger charge is -2.19. The molecule has 3 aromatic rings. The molecule has 4 rings (SSSR count). The van der Waals surface area contributed by atoms with E-state index in [0.717, 1.165) is 5.69 Å². The zero-order chi connectivity index (χ0) is 16.0. The molecule has 3 heterocycles. The smallest absolute Gasteiger partial charge is 0.0734 e. The lowest BCUT2D eigenvalue weighted by Crippen LogP contribution is -2.11. The molecule has 0 atom stereocenters. The number of fused-ring (bicyclic) bond motifs is 3. The first-order chi connectivity index (χ1) is 11.0. The summed E-state index contributed by atoms with van der Waals surface area (Å²) in [7, 11) is 0. The number of hydrogen-bond donors (Lipinski definition) is 0. The van der Waals surface area contributed by atoms with Crippen molar-refractivity contribution >= 4 is 21.4 Å². The molecule has 0 N–H and O–H groups in total. The molecular formula is C20H22N2S. The van der Waals surface area contributed by atoms with Gasteiger partial charge < -0.3 is 0 Å². The molecule has 0 fully saturated rings. The Balaban J connectivity index is 1.91. The number of pyridine rings is 2. The van der Waals surface area contributed by atoms with Crippen molar-refractivity contribution < 1.29 is 0 Å². The Morgan fingerprint density at radius 1 is 1.09 bits per heavy atom. The van der Waals surface area contributed by atoms with E-state index in [2.05, 4.69) is 42.9 Å². The molecule has 0 saturated carbocycles. The van der Waals surface area contributed by atoms with Gasteiger partial charge in [0.1, 0.15) is 0 Å². The molecule has 0 spiro atoms. The SMILES string of the molecule is CC(C)(C)c1ccnc(-c2cncc3c4c(sc23)CCCC4)c1. The molecule has 0 aliphatic heterocycles. The van der Waals surface area contributed by atoms with Crippen LogP contribution in [0.2, 0.25) is 0 Å². The van der Waals surface area contributed by atoms with Gasteiger partial charge in [0, 0.05) is 39.1 Å². The van der Waals surface area contributed by atoms with Crippen molar-refractivity contribution in [3.63, 3.8) is 0 Å². The average molecular weight is 322 g/mol. The highest BCUT2D eigenvalue weighted by atomic mass is 32.1. The molecule has 0 bridgehead atoms. The van der Waals surface area contributed by atoms with Crippen molar-refractivity contribution in [1.82, 2.24) is 9.97 Å². The quantitative estimate of drug-likeness (QED) is 0.588. The molecule has 118 valence electrons. The normalized spacial score (nSPS) is 14.9. The lowest BCUT2D eigenvalue weighted by molar-refractivity contribution is 0.589. The van der Waals surface area contributed by atoms with Crippen molar-refractivity contribution in [2.75, 3.05) is 0 Å². The van der Waals surface area contributed by atoms with E-state index in [1.54, 1.807) is 4.88 Å². The van der Waals surface area contributed by atoms with E-state index in [0.29, 0.717) is 0 Å². The van der Waals surface area contributed by atoms with Crippen LogP contribution in [0.25, 0.3) is 21.3 Å². The van der Waals surface area contributed by atoms with Crippen LogP contribution in [0, 0.1) is 0 Å². The van der Waals surface area contributed by atoms with Gasteiger partial charge in [-0.05, 0) is 54.4 Å². The van der Waals surface area contributed by atoms with Crippen LogP contribution in [0.4, 0.5) is 0 Å². The summed E-state index contributed by atoms with van der Waals surface area (Å²) in [6, 6.07) is 4.35.